The first-order valence-corrected chi connectivity index (χ1v) is 6.06. The van der Waals surface area contributed by atoms with Crippen molar-refractivity contribution < 1.29 is 4.42 Å². The van der Waals surface area contributed by atoms with Gasteiger partial charge < -0.3 is 10.2 Å². The Morgan fingerprint density at radius 2 is 2.22 bits per heavy atom. The van der Waals surface area contributed by atoms with Crippen LogP contribution in [0.2, 0.25) is 0 Å². The lowest BCUT2D eigenvalue weighted by Crippen LogP contribution is -2.30. The van der Waals surface area contributed by atoms with Crippen LogP contribution < -0.4 is 5.73 Å². The molecule has 0 saturated heterocycles. The van der Waals surface area contributed by atoms with Crippen molar-refractivity contribution in [3.8, 4) is 0 Å². The van der Waals surface area contributed by atoms with Gasteiger partial charge >= 0.3 is 0 Å². The van der Waals surface area contributed by atoms with Crippen molar-refractivity contribution in [2.75, 3.05) is 13.6 Å². The summed E-state index contributed by atoms with van der Waals surface area (Å²) in [4.78, 5) is 6.49. The Morgan fingerprint density at radius 1 is 1.39 bits per heavy atom. The number of pyridine rings is 1. The smallest absolute Gasteiger partial charge is 0.117 e. The Morgan fingerprint density at radius 3 is 2.78 bits per heavy atom. The summed E-state index contributed by atoms with van der Waals surface area (Å²) >= 11 is 0. The molecule has 2 N–H and O–H groups in total. The summed E-state index contributed by atoms with van der Waals surface area (Å²) < 4.78 is 5.36. The number of hydrogen-bond acceptors (Lipinski definition) is 4. The zero-order chi connectivity index (χ0) is 13.0. The molecule has 1 unspecified atom stereocenters. The number of likely N-dealkylation sites (N-methyl/N-ethyl adjacent to an activating group) is 1. The Labute approximate surface area is 107 Å². The molecule has 0 aliphatic carbocycles. The predicted octanol–water partition coefficient (Wildman–Crippen LogP) is 2.11. The first kappa shape index (κ1) is 12.8. The van der Waals surface area contributed by atoms with E-state index in [1.165, 1.54) is 0 Å². The maximum absolute atomic E-state index is 5.87. The van der Waals surface area contributed by atoms with Gasteiger partial charge in [-0.25, -0.2) is 0 Å². The number of nitrogens with zero attached hydrogens (tertiary/aromatic N) is 2. The fourth-order valence-electron chi connectivity index (χ4n) is 2.01. The number of aromatic nitrogens is 1. The molecule has 2 aromatic rings. The molecule has 2 aromatic heterocycles. The predicted molar refractivity (Wildman–Crippen MR) is 70.9 cm³/mol. The van der Waals surface area contributed by atoms with E-state index < -0.39 is 0 Å². The zero-order valence-electron chi connectivity index (χ0n) is 10.8. The van der Waals surface area contributed by atoms with Crippen molar-refractivity contribution in [2.45, 2.75) is 19.5 Å². The van der Waals surface area contributed by atoms with E-state index in [4.69, 9.17) is 10.2 Å². The van der Waals surface area contributed by atoms with Gasteiger partial charge in [0.05, 0.1) is 12.8 Å². The number of nitrogens with two attached hydrogens (primary N) is 1. The van der Waals surface area contributed by atoms with E-state index in [0.717, 1.165) is 23.6 Å². The Bertz CT molecular complexity index is 464. The van der Waals surface area contributed by atoms with Crippen LogP contribution >= 0.6 is 0 Å². The normalized spacial score (nSPS) is 12.9. The second kappa shape index (κ2) is 5.80. The zero-order valence-corrected chi connectivity index (χ0v) is 10.8. The minimum atomic E-state index is 0.156. The molecular formula is C14H19N3O. The molecule has 18 heavy (non-hydrogen) atoms. The average molecular weight is 245 g/mol. The molecule has 4 nitrogen and oxygen atoms in total. The third kappa shape index (κ3) is 2.97. The lowest BCUT2D eigenvalue weighted by molar-refractivity contribution is 0.222. The maximum Gasteiger partial charge on any atom is 0.117 e. The number of furan rings is 1. The second-order valence-electron chi connectivity index (χ2n) is 4.48. The van der Waals surface area contributed by atoms with Crippen molar-refractivity contribution in [1.29, 1.82) is 0 Å². The van der Waals surface area contributed by atoms with Crippen LogP contribution in [0.1, 0.15) is 23.1 Å². The standard InChI is InChI=1S/C14H19N3O/c1-11-5-6-12(9-16-11)14(8-15)17(2)10-13-4-3-7-18-13/h3-7,9,14H,8,10,15H2,1-2H3. The third-order valence-electron chi connectivity index (χ3n) is 3.06. The molecule has 0 bridgehead atoms. The van der Waals surface area contributed by atoms with Crippen molar-refractivity contribution >= 4 is 0 Å². The van der Waals surface area contributed by atoms with Gasteiger partial charge in [-0.2, -0.15) is 0 Å². The van der Waals surface area contributed by atoms with Gasteiger partial charge in [-0.1, -0.05) is 6.07 Å². The highest BCUT2D eigenvalue weighted by atomic mass is 16.3. The minimum absolute atomic E-state index is 0.156. The number of rotatable bonds is 5. The quantitative estimate of drug-likeness (QED) is 0.876. The summed E-state index contributed by atoms with van der Waals surface area (Å²) in [5.41, 5.74) is 8.03. The molecular weight excluding hydrogens is 226 g/mol. The average Bonchev–Trinajstić information content (AvgIpc) is 2.85. The highest BCUT2D eigenvalue weighted by molar-refractivity contribution is 5.18. The van der Waals surface area contributed by atoms with E-state index in [1.807, 2.05) is 38.4 Å². The van der Waals surface area contributed by atoms with Gasteiger partial charge in [-0.05, 0) is 37.7 Å². The van der Waals surface area contributed by atoms with Gasteiger partial charge in [-0.3, -0.25) is 9.88 Å². The van der Waals surface area contributed by atoms with E-state index >= 15 is 0 Å². The van der Waals surface area contributed by atoms with Crippen LogP contribution in [0.25, 0.3) is 0 Å². The monoisotopic (exact) mass is 245 g/mol. The van der Waals surface area contributed by atoms with Crippen LogP contribution in [0.3, 0.4) is 0 Å². The van der Waals surface area contributed by atoms with Crippen LogP contribution in [0.15, 0.2) is 41.1 Å². The van der Waals surface area contributed by atoms with Gasteiger partial charge in [-0.15, -0.1) is 0 Å². The Hall–Kier alpha value is -1.65. The summed E-state index contributed by atoms with van der Waals surface area (Å²) in [5, 5.41) is 0. The van der Waals surface area contributed by atoms with E-state index in [9.17, 15) is 0 Å². The molecule has 2 heterocycles. The molecule has 2 rings (SSSR count). The second-order valence-corrected chi connectivity index (χ2v) is 4.48. The van der Waals surface area contributed by atoms with Crippen molar-refractivity contribution in [1.82, 2.24) is 9.88 Å². The van der Waals surface area contributed by atoms with Crippen molar-refractivity contribution in [2.24, 2.45) is 5.73 Å². The Balaban J connectivity index is 2.10. The number of aryl methyl sites for hydroxylation is 1. The molecule has 0 radical (unpaired) electrons. The molecule has 0 spiro atoms. The molecule has 0 amide bonds. The SMILES string of the molecule is Cc1ccc(C(CN)N(C)Cc2ccco2)cn1. The van der Waals surface area contributed by atoms with Gasteiger partial charge in [0.1, 0.15) is 5.76 Å². The molecule has 96 valence electrons. The van der Waals surface area contributed by atoms with E-state index in [0.29, 0.717) is 6.54 Å². The minimum Gasteiger partial charge on any atom is -0.468 e. The van der Waals surface area contributed by atoms with Crippen LogP contribution in [0.5, 0.6) is 0 Å². The third-order valence-corrected chi connectivity index (χ3v) is 3.06. The van der Waals surface area contributed by atoms with Crippen LogP contribution in [-0.2, 0) is 6.54 Å². The summed E-state index contributed by atoms with van der Waals surface area (Å²) in [5.74, 6) is 0.941. The van der Waals surface area contributed by atoms with Gasteiger partial charge in [0.2, 0.25) is 0 Å². The lowest BCUT2D eigenvalue weighted by atomic mass is 10.1. The lowest BCUT2D eigenvalue weighted by Gasteiger charge is -2.26. The summed E-state index contributed by atoms with van der Waals surface area (Å²) in [6, 6.07) is 8.12. The molecule has 0 aliphatic heterocycles. The van der Waals surface area contributed by atoms with Gasteiger partial charge in [0, 0.05) is 24.5 Å². The van der Waals surface area contributed by atoms with E-state index in [1.54, 1.807) is 6.26 Å². The molecule has 0 saturated carbocycles. The largest absolute Gasteiger partial charge is 0.468 e. The summed E-state index contributed by atoms with van der Waals surface area (Å²) in [6.45, 7) is 3.28. The molecule has 0 aliphatic rings. The summed E-state index contributed by atoms with van der Waals surface area (Å²) in [7, 11) is 2.04. The first-order valence-electron chi connectivity index (χ1n) is 6.06. The van der Waals surface area contributed by atoms with E-state index in [2.05, 4.69) is 16.0 Å². The topological polar surface area (TPSA) is 55.3 Å². The van der Waals surface area contributed by atoms with Crippen LogP contribution in [0.4, 0.5) is 0 Å². The molecule has 1 atom stereocenters. The molecule has 0 fully saturated rings. The van der Waals surface area contributed by atoms with Crippen molar-refractivity contribution in [3.05, 3.63) is 53.7 Å². The summed E-state index contributed by atoms with van der Waals surface area (Å²) in [6.07, 6.45) is 3.58. The number of hydrogen-bond donors (Lipinski definition) is 1. The van der Waals surface area contributed by atoms with Gasteiger partial charge in [0.15, 0.2) is 0 Å². The molecule has 0 aromatic carbocycles. The van der Waals surface area contributed by atoms with Gasteiger partial charge in [0.25, 0.3) is 0 Å². The fourth-order valence-corrected chi connectivity index (χ4v) is 2.01. The first-order chi connectivity index (χ1) is 8.70. The maximum atomic E-state index is 5.87. The molecule has 4 heteroatoms. The van der Waals surface area contributed by atoms with Crippen LogP contribution in [0, 0.1) is 6.92 Å². The Kier molecular flexibility index (Phi) is 4.12. The highest BCUT2D eigenvalue weighted by Gasteiger charge is 2.16. The fraction of sp³-hybridized carbons (Fsp3) is 0.357. The van der Waals surface area contributed by atoms with Crippen LogP contribution in [-0.4, -0.2) is 23.5 Å². The van der Waals surface area contributed by atoms with Crippen molar-refractivity contribution in [3.63, 3.8) is 0 Å². The highest BCUT2D eigenvalue weighted by Crippen LogP contribution is 2.19. The van der Waals surface area contributed by atoms with E-state index in [-0.39, 0.29) is 6.04 Å².